The van der Waals surface area contributed by atoms with Gasteiger partial charge < -0.3 is 5.32 Å². The van der Waals surface area contributed by atoms with Crippen LogP contribution in [0.15, 0.2) is 30.6 Å². The summed E-state index contributed by atoms with van der Waals surface area (Å²) in [6, 6.07) is 5.16. The Hall–Kier alpha value is -1.68. The number of benzene rings is 1. The molecule has 17 heavy (non-hydrogen) atoms. The molecule has 1 aromatic heterocycles. The zero-order chi connectivity index (χ0) is 12.3. The molecular formula is C13H16FN3. The highest BCUT2D eigenvalue weighted by atomic mass is 19.1. The van der Waals surface area contributed by atoms with Crippen LogP contribution in [0.2, 0.25) is 0 Å². The summed E-state index contributed by atoms with van der Waals surface area (Å²) in [5, 5.41) is 7.24. The van der Waals surface area contributed by atoms with Crippen molar-refractivity contribution in [2.45, 2.75) is 13.5 Å². The summed E-state index contributed by atoms with van der Waals surface area (Å²) in [6.07, 6.45) is 3.70. The number of halogens is 1. The summed E-state index contributed by atoms with van der Waals surface area (Å²) < 4.78 is 15.3. The van der Waals surface area contributed by atoms with Crippen LogP contribution in [0.25, 0.3) is 11.1 Å². The topological polar surface area (TPSA) is 29.9 Å². The molecule has 0 fully saturated rings. The first kappa shape index (κ1) is 11.8. The average molecular weight is 233 g/mol. The highest BCUT2D eigenvalue weighted by Gasteiger charge is 2.06. The molecule has 3 nitrogen and oxygen atoms in total. The molecule has 0 unspecified atom stereocenters. The Morgan fingerprint density at radius 1 is 1.35 bits per heavy atom. The minimum atomic E-state index is -0.168. The van der Waals surface area contributed by atoms with Gasteiger partial charge in [-0.1, -0.05) is 13.0 Å². The van der Waals surface area contributed by atoms with Crippen LogP contribution in [0.1, 0.15) is 12.5 Å². The van der Waals surface area contributed by atoms with Crippen molar-refractivity contribution in [3.8, 4) is 11.1 Å². The summed E-state index contributed by atoms with van der Waals surface area (Å²) in [5.41, 5.74) is 2.69. The van der Waals surface area contributed by atoms with E-state index in [1.807, 2.05) is 26.2 Å². The molecule has 0 aliphatic heterocycles. The van der Waals surface area contributed by atoms with E-state index < -0.39 is 0 Å². The van der Waals surface area contributed by atoms with Crippen LogP contribution < -0.4 is 5.32 Å². The third kappa shape index (κ3) is 2.71. The molecule has 1 N–H and O–H groups in total. The molecule has 0 saturated heterocycles. The van der Waals surface area contributed by atoms with Gasteiger partial charge in [-0.05, 0) is 24.2 Å². The molecule has 0 spiro atoms. The van der Waals surface area contributed by atoms with Gasteiger partial charge in [0.2, 0.25) is 0 Å². The standard InChI is InChI=1S/C13H16FN3/c1-3-15-7-11-6-10(4-5-13(11)14)12-8-16-17(2)9-12/h4-6,8-9,15H,3,7H2,1-2H3. The average Bonchev–Trinajstić information content (AvgIpc) is 2.75. The fraction of sp³-hybridized carbons (Fsp3) is 0.308. The smallest absolute Gasteiger partial charge is 0.127 e. The molecular weight excluding hydrogens is 217 g/mol. The van der Waals surface area contributed by atoms with E-state index in [0.29, 0.717) is 12.1 Å². The number of hydrogen-bond acceptors (Lipinski definition) is 2. The van der Waals surface area contributed by atoms with Crippen LogP contribution in [0, 0.1) is 5.82 Å². The van der Waals surface area contributed by atoms with Gasteiger partial charge in [0.25, 0.3) is 0 Å². The Labute approximate surface area is 100 Å². The lowest BCUT2D eigenvalue weighted by Gasteiger charge is -2.06. The van der Waals surface area contributed by atoms with E-state index in [2.05, 4.69) is 10.4 Å². The normalized spacial score (nSPS) is 10.8. The lowest BCUT2D eigenvalue weighted by Crippen LogP contribution is -2.12. The predicted octanol–water partition coefficient (Wildman–Crippen LogP) is 2.34. The highest BCUT2D eigenvalue weighted by Crippen LogP contribution is 2.21. The maximum atomic E-state index is 13.6. The van der Waals surface area contributed by atoms with E-state index in [-0.39, 0.29) is 5.82 Å². The van der Waals surface area contributed by atoms with Gasteiger partial charge in [0, 0.05) is 30.9 Å². The molecule has 1 heterocycles. The molecule has 2 aromatic rings. The van der Waals surface area contributed by atoms with Gasteiger partial charge >= 0.3 is 0 Å². The van der Waals surface area contributed by atoms with Crippen LogP contribution >= 0.6 is 0 Å². The molecule has 0 atom stereocenters. The van der Waals surface area contributed by atoms with Crippen molar-refractivity contribution in [2.75, 3.05) is 6.54 Å². The van der Waals surface area contributed by atoms with Crippen LogP contribution in [0.5, 0.6) is 0 Å². The summed E-state index contributed by atoms with van der Waals surface area (Å²) in [6.45, 7) is 3.38. The molecule has 0 saturated carbocycles. The third-order valence-electron chi connectivity index (χ3n) is 2.65. The Morgan fingerprint density at radius 2 is 2.18 bits per heavy atom. The van der Waals surface area contributed by atoms with E-state index in [1.165, 1.54) is 6.07 Å². The number of nitrogens with one attached hydrogen (secondary N) is 1. The number of aromatic nitrogens is 2. The molecule has 90 valence electrons. The molecule has 0 bridgehead atoms. The quantitative estimate of drug-likeness (QED) is 0.878. The van der Waals surface area contributed by atoms with E-state index in [0.717, 1.165) is 17.7 Å². The Bertz CT molecular complexity index is 505. The first-order valence-corrected chi connectivity index (χ1v) is 5.69. The zero-order valence-corrected chi connectivity index (χ0v) is 10.1. The van der Waals surface area contributed by atoms with Gasteiger partial charge in [0.15, 0.2) is 0 Å². The van der Waals surface area contributed by atoms with Gasteiger partial charge in [-0.2, -0.15) is 5.10 Å². The first-order chi connectivity index (χ1) is 8.20. The number of hydrogen-bond donors (Lipinski definition) is 1. The monoisotopic (exact) mass is 233 g/mol. The second kappa shape index (κ2) is 5.10. The first-order valence-electron chi connectivity index (χ1n) is 5.69. The van der Waals surface area contributed by atoms with E-state index in [9.17, 15) is 4.39 Å². The second-order valence-corrected chi connectivity index (χ2v) is 3.99. The van der Waals surface area contributed by atoms with Crippen LogP contribution in [-0.2, 0) is 13.6 Å². The van der Waals surface area contributed by atoms with E-state index in [1.54, 1.807) is 16.9 Å². The van der Waals surface area contributed by atoms with Gasteiger partial charge in [-0.15, -0.1) is 0 Å². The molecule has 0 radical (unpaired) electrons. The maximum absolute atomic E-state index is 13.6. The molecule has 0 aliphatic rings. The van der Waals surface area contributed by atoms with Crippen LogP contribution in [0.3, 0.4) is 0 Å². The number of nitrogens with zero attached hydrogens (tertiary/aromatic N) is 2. The lowest BCUT2D eigenvalue weighted by atomic mass is 10.1. The van der Waals surface area contributed by atoms with E-state index >= 15 is 0 Å². The van der Waals surface area contributed by atoms with Gasteiger partial charge in [0.05, 0.1) is 6.20 Å². The predicted molar refractivity (Wildman–Crippen MR) is 66.0 cm³/mol. The second-order valence-electron chi connectivity index (χ2n) is 3.99. The Kier molecular flexibility index (Phi) is 3.54. The van der Waals surface area contributed by atoms with Gasteiger partial charge in [-0.3, -0.25) is 4.68 Å². The summed E-state index contributed by atoms with van der Waals surface area (Å²) >= 11 is 0. The summed E-state index contributed by atoms with van der Waals surface area (Å²) in [7, 11) is 1.87. The van der Waals surface area contributed by atoms with E-state index in [4.69, 9.17) is 0 Å². The molecule has 4 heteroatoms. The number of aryl methyl sites for hydroxylation is 1. The number of rotatable bonds is 4. The summed E-state index contributed by atoms with van der Waals surface area (Å²) in [4.78, 5) is 0. The maximum Gasteiger partial charge on any atom is 0.127 e. The van der Waals surface area contributed by atoms with Crippen molar-refractivity contribution in [3.05, 3.63) is 42.0 Å². The van der Waals surface area contributed by atoms with Crippen molar-refractivity contribution in [1.82, 2.24) is 15.1 Å². The Balaban J connectivity index is 2.30. The van der Waals surface area contributed by atoms with Crippen molar-refractivity contribution < 1.29 is 4.39 Å². The molecule has 0 amide bonds. The third-order valence-corrected chi connectivity index (χ3v) is 2.65. The fourth-order valence-electron chi connectivity index (χ4n) is 1.72. The fourth-order valence-corrected chi connectivity index (χ4v) is 1.72. The zero-order valence-electron chi connectivity index (χ0n) is 10.1. The molecule has 2 rings (SSSR count). The van der Waals surface area contributed by atoms with Crippen LogP contribution in [0.4, 0.5) is 4.39 Å². The summed E-state index contributed by atoms with van der Waals surface area (Å²) in [5.74, 6) is -0.168. The van der Waals surface area contributed by atoms with Crippen molar-refractivity contribution in [3.63, 3.8) is 0 Å². The minimum absolute atomic E-state index is 0.168. The largest absolute Gasteiger partial charge is 0.313 e. The lowest BCUT2D eigenvalue weighted by molar-refractivity contribution is 0.593. The molecule has 1 aromatic carbocycles. The van der Waals surface area contributed by atoms with Crippen molar-refractivity contribution in [1.29, 1.82) is 0 Å². The minimum Gasteiger partial charge on any atom is -0.313 e. The Morgan fingerprint density at radius 3 is 2.82 bits per heavy atom. The van der Waals surface area contributed by atoms with Gasteiger partial charge in [-0.25, -0.2) is 4.39 Å². The molecule has 0 aliphatic carbocycles. The van der Waals surface area contributed by atoms with Crippen molar-refractivity contribution in [2.24, 2.45) is 7.05 Å². The van der Waals surface area contributed by atoms with Crippen molar-refractivity contribution >= 4 is 0 Å². The SMILES string of the molecule is CCNCc1cc(-c2cnn(C)c2)ccc1F. The van der Waals surface area contributed by atoms with Crippen LogP contribution in [-0.4, -0.2) is 16.3 Å². The highest BCUT2D eigenvalue weighted by molar-refractivity contribution is 5.62. The van der Waals surface area contributed by atoms with Gasteiger partial charge in [0.1, 0.15) is 5.82 Å².